The van der Waals surface area contributed by atoms with Gasteiger partial charge in [-0.05, 0) is 51.1 Å². The van der Waals surface area contributed by atoms with E-state index in [-0.39, 0.29) is 5.41 Å². The Morgan fingerprint density at radius 1 is 1.44 bits per heavy atom. The molecule has 1 unspecified atom stereocenters. The van der Waals surface area contributed by atoms with Crippen molar-refractivity contribution >= 4 is 5.97 Å². The number of carboxylic acids is 1. The third-order valence-corrected chi connectivity index (χ3v) is 4.41. The Hall–Kier alpha value is -0.570. The van der Waals surface area contributed by atoms with Crippen LogP contribution in [0.4, 0.5) is 0 Å². The summed E-state index contributed by atoms with van der Waals surface area (Å²) in [7, 11) is 0. The number of hydrogen-bond donors (Lipinski definition) is 1. The van der Waals surface area contributed by atoms with E-state index < -0.39 is 5.97 Å². The van der Waals surface area contributed by atoms with Crippen LogP contribution in [-0.4, -0.2) is 35.6 Å². The van der Waals surface area contributed by atoms with Crippen LogP contribution in [-0.2, 0) is 4.79 Å². The second kappa shape index (κ2) is 4.74. The van der Waals surface area contributed by atoms with Crippen LogP contribution in [0, 0.1) is 11.3 Å². The summed E-state index contributed by atoms with van der Waals surface area (Å²) in [4.78, 5) is 13.7. The molecule has 0 radical (unpaired) electrons. The highest BCUT2D eigenvalue weighted by Gasteiger charge is 2.44. The van der Waals surface area contributed by atoms with E-state index in [2.05, 4.69) is 11.8 Å². The zero-order chi connectivity index (χ0) is 11.6. The Kier molecular flexibility index (Phi) is 3.53. The molecule has 0 amide bonds. The van der Waals surface area contributed by atoms with Gasteiger partial charge in [-0.25, -0.2) is 0 Å². The summed E-state index contributed by atoms with van der Waals surface area (Å²) in [5.74, 6) is 0.222. The predicted molar refractivity (Wildman–Crippen MR) is 63.4 cm³/mol. The van der Waals surface area contributed by atoms with Crippen LogP contribution < -0.4 is 0 Å². The first-order valence-electron chi connectivity index (χ1n) is 6.58. The molecule has 2 rings (SSSR count). The van der Waals surface area contributed by atoms with Crippen LogP contribution in [0.5, 0.6) is 0 Å². The van der Waals surface area contributed by atoms with Crippen molar-refractivity contribution in [3.05, 3.63) is 0 Å². The highest BCUT2D eigenvalue weighted by Crippen LogP contribution is 2.44. The summed E-state index contributed by atoms with van der Waals surface area (Å²) in [5, 5.41) is 9.25. The predicted octanol–water partition coefficient (Wildman–Crippen LogP) is 2.36. The minimum atomic E-state index is -0.566. The van der Waals surface area contributed by atoms with Gasteiger partial charge in [0, 0.05) is 6.54 Å². The van der Waals surface area contributed by atoms with Gasteiger partial charge >= 0.3 is 5.97 Å². The fourth-order valence-electron chi connectivity index (χ4n) is 3.04. The van der Waals surface area contributed by atoms with E-state index in [9.17, 15) is 9.90 Å². The Morgan fingerprint density at radius 2 is 2.19 bits per heavy atom. The molecule has 3 heteroatoms. The van der Waals surface area contributed by atoms with E-state index in [0.717, 1.165) is 44.7 Å². The van der Waals surface area contributed by atoms with E-state index in [1.807, 2.05) is 0 Å². The second-order valence-corrected chi connectivity index (χ2v) is 5.74. The number of hydrogen-bond acceptors (Lipinski definition) is 2. The van der Waals surface area contributed by atoms with Gasteiger partial charge in [0.25, 0.3) is 0 Å². The smallest absolute Gasteiger partial charge is 0.309 e. The van der Waals surface area contributed by atoms with Crippen molar-refractivity contribution in [2.24, 2.45) is 11.3 Å². The van der Waals surface area contributed by atoms with Crippen molar-refractivity contribution in [1.82, 2.24) is 4.90 Å². The molecule has 0 bridgehead atoms. The zero-order valence-electron chi connectivity index (χ0n) is 10.2. The molecule has 0 spiro atoms. The highest BCUT2D eigenvalue weighted by atomic mass is 16.4. The van der Waals surface area contributed by atoms with Crippen molar-refractivity contribution in [2.45, 2.75) is 45.4 Å². The monoisotopic (exact) mass is 225 g/mol. The van der Waals surface area contributed by atoms with Crippen molar-refractivity contribution in [3.63, 3.8) is 0 Å². The second-order valence-electron chi connectivity index (χ2n) is 5.74. The molecule has 2 aliphatic rings. The van der Waals surface area contributed by atoms with Crippen LogP contribution in [0.15, 0.2) is 0 Å². The Balaban J connectivity index is 1.79. The molecule has 1 atom stereocenters. The molecule has 0 aromatic carbocycles. The average molecular weight is 225 g/mol. The maximum Gasteiger partial charge on any atom is 0.309 e. The molecular formula is C13H23NO2. The maximum atomic E-state index is 11.2. The molecule has 0 aromatic heterocycles. The molecule has 1 saturated carbocycles. The van der Waals surface area contributed by atoms with Crippen molar-refractivity contribution in [1.29, 1.82) is 0 Å². The van der Waals surface area contributed by atoms with E-state index in [4.69, 9.17) is 0 Å². The minimum absolute atomic E-state index is 0.360. The number of likely N-dealkylation sites (tertiary alicyclic amines) is 1. The van der Waals surface area contributed by atoms with Gasteiger partial charge in [-0.2, -0.15) is 0 Å². The molecule has 1 N–H and O–H groups in total. The van der Waals surface area contributed by atoms with Gasteiger partial charge in [0.15, 0.2) is 0 Å². The summed E-state index contributed by atoms with van der Waals surface area (Å²) in [6.07, 6.45) is 6.36. The molecule has 0 aromatic rings. The van der Waals surface area contributed by atoms with Crippen LogP contribution in [0.25, 0.3) is 0 Å². The van der Waals surface area contributed by atoms with Gasteiger partial charge in [-0.3, -0.25) is 4.79 Å². The molecule has 1 aliphatic carbocycles. The number of rotatable bonds is 4. The van der Waals surface area contributed by atoms with Crippen LogP contribution in [0.3, 0.4) is 0 Å². The zero-order valence-corrected chi connectivity index (χ0v) is 10.2. The topological polar surface area (TPSA) is 40.5 Å². The minimum Gasteiger partial charge on any atom is -0.481 e. The summed E-state index contributed by atoms with van der Waals surface area (Å²) in [6.45, 7) is 5.61. The first kappa shape index (κ1) is 11.9. The third kappa shape index (κ3) is 2.40. The van der Waals surface area contributed by atoms with E-state index in [1.165, 1.54) is 19.4 Å². The molecule has 3 nitrogen and oxygen atoms in total. The van der Waals surface area contributed by atoms with Crippen LogP contribution in [0.2, 0.25) is 0 Å². The molecule has 1 aliphatic heterocycles. The first-order valence-corrected chi connectivity index (χ1v) is 6.58. The lowest BCUT2D eigenvalue weighted by atomic mass is 9.66. The number of carbonyl (C=O) groups is 1. The van der Waals surface area contributed by atoms with E-state index in [1.54, 1.807) is 0 Å². The molecular weight excluding hydrogens is 202 g/mol. The SMILES string of the molecule is CC1CCCN(CCC2(C(=O)O)CCC2)C1. The molecule has 92 valence electrons. The molecule has 2 fully saturated rings. The largest absolute Gasteiger partial charge is 0.481 e. The quantitative estimate of drug-likeness (QED) is 0.798. The van der Waals surface area contributed by atoms with E-state index >= 15 is 0 Å². The maximum absolute atomic E-state index is 11.2. The lowest BCUT2D eigenvalue weighted by molar-refractivity contribution is -0.155. The normalized spacial score (nSPS) is 29.7. The lowest BCUT2D eigenvalue weighted by Gasteiger charge is -2.40. The Labute approximate surface area is 97.8 Å². The molecule has 1 saturated heterocycles. The fraction of sp³-hybridized carbons (Fsp3) is 0.923. The summed E-state index contributed by atoms with van der Waals surface area (Å²) in [6, 6.07) is 0. The molecule has 16 heavy (non-hydrogen) atoms. The van der Waals surface area contributed by atoms with Crippen molar-refractivity contribution in [3.8, 4) is 0 Å². The number of nitrogens with zero attached hydrogens (tertiary/aromatic N) is 1. The van der Waals surface area contributed by atoms with Gasteiger partial charge in [-0.15, -0.1) is 0 Å². The van der Waals surface area contributed by atoms with Gasteiger partial charge < -0.3 is 10.0 Å². The third-order valence-electron chi connectivity index (χ3n) is 4.41. The first-order chi connectivity index (χ1) is 7.62. The van der Waals surface area contributed by atoms with Gasteiger partial charge in [0.05, 0.1) is 5.41 Å². The number of aliphatic carboxylic acids is 1. The summed E-state index contributed by atoms with van der Waals surface area (Å²) in [5.41, 5.74) is -0.360. The number of piperidine rings is 1. The summed E-state index contributed by atoms with van der Waals surface area (Å²) < 4.78 is 0. The standard InChI is InChI=1S/C13H23NO2/c1-11-4-2-8-14(10-11)9-7-13(12(15)16)5-3-6-13/h11H,2-10H2,1H3,(H,15,16). The van der Waals surface area contributed by atoms with E-state index in [0.29, 0.717) is 0 Å². The van der Waals surface area contributed by atoms with Gasteiger partial charge in [0.2, 0.25) is 0 Å². The highest BCUT2D eigenvalue weighted by molar-refractivity contribution is 5.75. The van der Waals surface area contributed by atoms with Gasteiger partial charge in [0.1, 0.15) is 0 Å². The lowest BCUT2D eigenvalue weighted by Crippen LogP contribution is -2.43. The Morgan fingerprint density at radius 3 is 2.69 bits per heavy atom. The van der Waals surface area contributed by atoms with Crippen LogP contribution >= 0.6 is 0 Å². The fourth-order valence-corrected chi connectivity index (χ4v) is 3.04. The van der Waals surface area contributed by atoms with Crippen molar-refractivity contribution in [2.75, 3.05) is 19.6 Å². The average Bonchev–Trinajstić information content (AvgIpc) is 2.15. The van der Waals surface area contributed by atoms with Gasteiger partial charge in [-0.1, -0.05) is 13.3 Å². The van der Waals surface area contributed by atoms with Crippen LogP contribution in [0.1, 0.15) is 45.4 Å². The summed E-state index contributed by atoms with van der Waals surface area (Å²) >= 11 is 0. The Bertz CT molecular complexity index is 261. The van der Waals surface area contributed by atoms with Crippen molar-refractivity contribution < 1.29 is 9.90 Å². The molecule has 1 heterocycles. The number of carboxylic acid groups (broad SMARTS) is 1.